The summed E-state index contributed by atoms with van der Waals surface area (Å²) in [6.45, 7) is 1.69. The zero-order valence-corrected chi connectivity index (χ0v) is 12.1. The number of thiazole rings is 1. The molecule has 6 nitrogen and oxygen atoms in total. The number of hydrogen-bond acceptors (Lipinski definition) is 5. The van der Waals surface area contributed by atoms with Gasteiger partial charge in [-0.3, -0.25) is 0 Å². The van der Waals surface area contributed by atoms with Crippen LogP contribution in [-0.2, 0) is 10.0 Å². The molecule has 1 aromatic heterocycles. The normalized spacial score (nSPS) is 13.1. The lowest BCUT2D eigenvalue weighted by Crippen LogP contribution is -2.27. The van der Waals surface area contributed by atoms with Crippen LogP contribution in [0, 0.1) is 0 Å². The van der Waals surface area contributed by atoms with Crippen molar-refractivity contribution in [2.24, 2.45) is 0 Å². The molecule has 0 bridgehead atoms. The topological polar surface area (TPSA) is 96.4 Å². The van der Waals surface area contributed by atoms with Gasteiger partial charge in [0.25, 0.3) is 10.0 Å². The highest BCUT2D eigenvalue weighted by atomic mass is 32.2. The second kappa shape index (κ2) is 5.70. The van der Waals surface area contributed by atoms with Crippen LogP contribution in [0.3, 0.4) is 0 Å². The van der Waals surface area contributed by atoms with Crippen molar-refractivity contribution in [3.63, 3.8) is 0 Å². The van der Waals surface area contributed by atoms with Crippen LogP contribution in [0.4, 0.5) is 0 Å². The summed E-state index contributed by atoms with van der Waals surface area (Å²) in [5, 5.41) is 8.92. The van der Waals surface area contributed by atoms with Gasteiger partial charge in [0.05, 0.1) is 5.51 Å². The minimum atomic E-state index is -3.91. The molecule has 1 heterocycles. The van der Waals surface area contributed by atoms with Crippen LogP contribution in [0.5, 0.6) is 0 Å². The molecular formula is C12H12N2O4S2. The molecule has 0 aliphatic carbocycles. The predicted molar refractivity (Wildman–Crippen MR) is 74.3 cm³/mol. The molecule has 0 aliphatic heterocycles. The minimum absolute atomic E-state index is 0.284. The van der Waals surface area contributed by atoms with Crippen LogP contribution in [-0.4, -0.2) is 24.5 Å². The van der Waals surface area contributed by atoms with Crippen molar-refractivity contribution >= 4 is 27.3 Å². The quantitative estimate of drug-likeness (QED) is 0.878. The lowest BCUT2D eigenvalue weighted by Gasteiger charge is -2.13. The molecular weight excluding hydrogens is 300 g/mol. The van der Waals surface area contributed by atoms with Crippen molar-refractivity contribution in [1.29, 1.82) is 0 Å². The lowest BCUT2D eigenvalue weighted by atomic mass is 10.1. The number of nitrogens with zero attached hydrogens (tertiary/aromatic N) is 1. The maximum atomic E-state index is 12.2. The Hall–Kier alpha value is -1.77. The third-order valence-corrected chi connectivity index (χ3v) is 5.52. The average Bonchev–Trinajstić information content (AvgIpc) is 2.89. The van der Waals surface area contributed by atoms with E-state index >= 15 is 0 Å². The first-order valence-corrected chi connectivity index (χ1v) is 8.02. The SMILES string of the molecule is C[C@H](NS(=O)(=O)c1scnc1C(=O)O)c1ccccc1. The number of aromatic carboxylic acids is 1. The molecule has 2 aromatic rings. The highest BCUT2D eigenvalue weighted by Gasteiger charge is 2.27. The van der Waals surface area contributed by atoms with Crippen LogP contribution in [0.15, 0.2) is 40.1 Å². The number of hydrogen-bond donors (Lipinski definition) is 2. The van der Waals surface area contributed by atoms with E-state index in [4.69, 9.17) is 5.11 Å². The Morgan fingerprint density at radius 1 is 1.35 bits per heavy atom. The molecule has 20 heavy (non-hydrogen) atoms. The van der Waals surface area contributed by atoms with E-state index < -0.39 is 27.7 Å². The van der Waals surface area contributed by atoms with Gasteiger partial charge in [-0.05, 0) is 12.5 Å². The molecule has 0 amide bonds. The number of carboxylic acids is 1. The number of sulfonamides is 1. The van der Waals surface area contributed by atoms with Gasteiger partial charge in [0.15, 0.2) is 9.90 Å². The smallest absolute Gasteiger partial charge is 0.356 e. The standard InChI is InChI=1S/C12H12N2O4S2/c1-8(9-5-3-2-4-6-9)14-20(17,18)12-10(11(15)16)13-7-19-12/h2-8,14H,1H3,(H,15,16)/t8-/m0/s1. The predicted octanol–water partition coefficient (Wildman–Crippen LogP) is 1.88. The van der Waals surface area contributed by atoms with Crippen molar-refractivity contribution in [2.75, 3.05) is 0 Å². The molecule has 0 saturated heterocycles. The van der Waals surface area contributed by atoms with Crippen LogP contribution in [0.25, 0.3) is 0 Å². The third kappa shape index (κ3) is 3.03. The van der Waals surface area contributed by atoms with Crippen molar-refractivity contribution in [1.82, 2.24) is 9.71 Å². The van der Waals surface area contributed by atoms with E-state index in [9.17, 15) is 13.2 Å². The Labute approximate surface area is 120 Å². The van der Waals surface area contributed by atoms with Gasteiger partial charge in [-0.25, -0.2) is 22.9 Å². The molecule has 0 spiro atoms. The largest absolute Gasteiger partial charge is 0.476 e. The van der Waals surface area contributed by atoms with Gasteiger partial charge in [-0.2, -0.15) is 0 Å². The molecule has 0 saturated carbocycles. The maximum absolute atomic E-state index is 12.2. The summed E-state index contributed by atoms with van der Waals surface area (Å²) in [4.78, 5) is 14.5. The zero-order valence-electron chi connectivity index (χ0n) is 10.5. The fourth-order valence-electron chi connectivity index (χ4n) is 1.66. The lowest BCUT2D eigenvalue weighted by molar-refractivity contribution is 0.0687. The minimum Gasteiger partial charge on any atom is -0.476 e. The number of aromatic nitrogens is 1. The van der Waals surface area contributed by atoms with E-state index in [-0.39, 0.29) is 4.21 Å². The first-order valence-electron chi connectivity index (χ1n) is 5.66. The molecule has 2 rings (SSSR count). The van der Waals surface area contributed by atoms with Crippen LogP contribution >= 0.6 is 11.3 Å². The third-order valence-electron chi connectivity index (χ3n) is 2.61. The summed E-state index contributed by atoms with van der Waals surface area (Å²) < 4.78 is 26.6. The summed E-state index contributed by atoms with van der Waals surface area (Å²) in [5.74, 6) is -1.36. The fraction of sp³-hybridized carbons (Fsp3) is 0.167. The van der Waals surface area contributed by atoms with E-state index in [2.05, 4.69) is 9.71 Å². The van der Waals surface area contributed by atoms with Gasteiger partial charge in [0.1, 0.15) is 0 Å². The van der Waals surface area contributed by atoms with E-state index in [0.717, 1.165) is 16.9 Å². The zero-order chi connectivity index (χ0) is 14.8. The first-order chi connectivity index (χ1) is 9.42. The molecule has 0 aliphatic rings. The summed E-state index contributed by atoms with van der Waals surface area (Å²) in [6.07, 6.45) is 0. The number of rotatable bonds is 5. The van der Waals surface area contributed by atoms with E-state index in [0.29, 0.717) is 0 Å². The number of carbonyl (C=O) groups is 1. The van der Waals surface area contributed by atoms with Gasteiger partial charge in [-0.1, -0.05) is 30.3 Å². The van der Waals surface area contributed by atoms with Gasteiger partial charge in [0.2, 0.25) is 0 Å². The summed E-state index contributed by atoms with van der Waals surface area (Å²) >= 11 is 0.780. The summed E-state index contributed by atoms with van der Waals surface area (Å²) in [7, 11) is -3.91. The number of carboxylic acid groups (broad SMARTS) is 1. The molecule has 106 valence electrons. The molecule has 2 N–H and O–H groups in total. The monoisotopic (exact) mass is 312 g/mol. The van der Waals surface area contributed by atoms with Gasteiger partial charge >= 0.3 is 5.97 Å². The molecule has 0 unspecified atom stereocenters. The Balaban J connectivity index is 2.28. The molecule has 1 atom stereocenters. The Morgan fingerprint density at radius 2 is 2.00 bits per heavy atom. The van der Waals surface area contributed by atoms with Crippen LogP contribution in [0.1, 0.15) is 29.0 Å². The van der Waals surface area contributed by atoms with Crippen molar-refractivity contribution in [3.8, 4) is 0 Å². The van der Waals surface area contributed by atoms with E-state index in [1.54, 1.807) is 31.2 Å². The van der Waals surface area contributed by atoms with E-state index in [1.807, 2.05) is 6.07 Å². The van der Waals surface area contributed by atoms with Gasteiger partial charge in [0, 0.05) is 6.04 Å². The van der Waals surface area contributed by atoms with Gasteiger partial charge < -0.3 is 5.11 Å². The van der Waals surface area contributed by atoms with E-state index in [1.165, 1.54) is 5.51 Å². The summed E-state index contributed by atoms with van der Waals surface area (Å²) in [6, 6.07) is 8.54. The Kier molecular flexibility index (Phi) is 4.17. The first kappa shape index (κ1) is 14.6. The average molecular weight is 312 g/mol. The van der Waals surface area contributed by atoms with Crippen molar-refractivity contribution in [3.05, 3.63) is 47.1 Å². The highest BCUT2D eigenvalue weighted by molar-refractivity contribution is 7.91. The Bertz CT molecular complexity index is 710. The molecule has 0 radical (unpaired) electrons. The maximum Gasteiger partial charge on any atom is 0.356 e. The fourth-order valence-corrected chi connectivity index (χ4v) is 4.05. The van der Waals surface area contributed by atoms with Gasteiger partial charge in [-0.15, -0.1) is 11.3 Å². The highest BCUT2D eigenvalue weighted by Crippen LogP contribution is 2.22. The second-order valence-electron chi connectivity index (χ2n) is 4.05. The van der Waals surface area contributed by atoms with Crippen LogP contribution < -0.4 is 4.72 Å². The van der Waals surface area contributed by atoms with Crippen LogP contribution in [0.2, 0.25) is 0 Å². The van der Waals surface area contributed by atoms with Crippen molar-refractivity contribution in [2.45, 2.75) is 17.2 Å². The molecule has 0 fully saturated rings. The summed E-state index contributed by atoms with van der Waals surface area (Å²) in [5.41, 5.74) is 1.53. The Morgan fingerprint density at radius 3 is 2.60 bits per heavy atom. The molecule has 1 aromatic carbocycles. The molecule has 8 heteroatoms. The van der Waals surface area contributed by atoms with Crippen molar-refractivity contribution < 1.29 is 18.3 Å². The second-order valence-corrected chi connectivity index (χ2v) is 6.81. The number of benzene rings is 1. The number of nitrogens with one attached hydrogen (secondary N) is 1.